The summed E-state index contributed by atoms with van der Waals surface area (Å²) >= 11 is 1.82. The van der Waals surface area contributed by atoms with Crippen LogP contribution in [0.3, 0.4) is 0 Å². The maximum absolute atomic E-state index is 5.73. The highest BCUT2D eigenvalue weighted by Gasteiger charge is 2.20. The third-order valence-corrected chi connectivity index (χ3v) is 4.31. The van der Waals surface area contributed by atoms with Gasteiger partial charge in [-0.15, -0.1) is 11.3 Å². The normalized spacial score (nSPS) is 18.2. The number of nitrogens with one attached hydrogen (secondary N) is 1. The van der Waals surface area contributed by atoms with Crippen LogP contribution in [0, 0.1) is 0 Å². The highest BCUT2D eigenvalue weighted by Crippen LogP contribution is 2.34. The van der Waals surface area contributed by atoms with Gasteiger partial charge in [-0.3, -0.25) is 5.84 Å². The van der Waals surface area contributed by atoms with Gasteiger partial charge in [-0.1, -0.05) is 18.6 Å². The fraction of sp³-hybridized carbons (Fsp3) is 0.538. The van der Waals surface area contributed by atoms with Crippen molar-refractivity contribution in [2.24, 2.45) is 5.84 Å². The predicted molar refractivity (Wildman–Crippen MR) is 70.3 cm³/mol. The molecule has 0 amide bonds. The molecular formula is C13H20N2S. The Morgan fingerprint density at radius 1 is 1.50 bits per heavy atom. The van der Waals surface area contributed by atoms with Crippen molar-refractivity contribution in [3.05, 3.63) is 33.5 Å². The summed E-state index contributed by atoms with van der Waals surface area (Å²) in [4.78, 5) is 1.40. The quantitative estimate of drug-likeness (QED) is 0.478. The van der Waals surface area contributed by atoms with E-state index in [-0.39, 0.29) is 6.04 Å². The van der Waals surface area contributed by atoms with Gasteiger partial charge in [0, 0.05) is 4.88 Å². The van der Waals surface area contributed by atoms with Crippen LogP contribution in [0.15, 0.2) is 23.1 Å². The van der Waals surface area contributed by atoms with Crippen molar-refractivity contribution in [2.45, 2.75) is 45.1 Å². The lowest BCUT2D eigenvalue weighted by molar-refractivity contribution is 0.569. The molecule has 1 aliphatic carbocycles. The molecule has 1 aliphatic rings. The summed E-state index contributed by atoms with van der Waals surface area (Å²) < 4.78 is 0. The van der Waals surface area contributed by atoms with Crippen molar-refractivity contribution in [3.8, 4) is 0 Å². The average Bonchev–Trinajstić information content (AvgIpc) is 2.80. The van der Waals surface area contributed by atoms with Crippen LogP contribution in [0.2, 0.25) is 0 Å². The van der Waals surface area contributed by atoms with E-state index < -0.39 is 0 Å². The molecule has 2 rings (SSSR count). The van der Waals surface area contributed by atoms with E-state index in [0.717, 1.165) is 6.42 Å². The molecule has 0 bridgehead atoms. The smallest absolute Gasteiger partial charge is 0.0765 e. The van der Waals surface area contributed by atoms with E-state index >= 15 is 0 Å². The summed E-state index contributed by atoms with van der Waals surface area (Å²) in [5.41, 5.74) is 5.90. The van der Waals surface area contributed by atoms with Crippen molar-refractivity contribution < 1.29 is 0 Å². The molecule has 3 N–H and O–H groups in total. The van der Waals surface area contributed by atoms with Gasteiger partial charge in [-0.2, -0.15) is 0 Å². The molecule has 0 saturated heterocycles. The van der Waals surface area contributed by atoms with E-state index in [4.69, 9.17) is 5.84 Å². The van der Waals surface area contributed by atoms with Gasteiger partial charge in [0.15, 0.2) is 0 Å². The largest absolute Gasteiger partial charge is 0.271 e. The Balaban J connectivity index is 2.24. The topological polar surface area (TPSA) is 38.0 Å². The first-order chi connectivity index (χ1) is 7.86. The maximum atomic E-state index is 5.73. The molecule has 0 aliphatic heterocycles. The zero-order valence-electron chi connectivity index (χ0n) is 9.83. The van der Waals surface area contributed by atoms with Crippen LogP contribution >= 0.6 is 11.3 Å². The van der Waals surface area contributed by atoms with Crippen LogP contribution in [0.1, 0.15) is 49.1 Å². The van der Waals surface area contributed by atoms with Crippen LogP contribution in [0.5, 0.6) is 0 Å². The Bertz CT molecular complexity index is 368. The van der Waals surface area contributed by atoms with Gasteiger partial charge >= 0.3 is 0 Å². The van der Waals surface area contributed by atoms with E-state index in [1.807, 2.05) is 11.3 Å². The number of hydrogen-bond donors (Lipinski definition) is 2. The van der Waals surface area contributed by atoms with Crippen LogP contribution in [0.25, 0.3) is 0 Å². The number of nitrogens with two attached hydrogens (primary N) is 1. The summed E-state index contributed by atoms with van der Waals surface area (Å²) in [5.74, 6) is 5.73. The molecule has 1 heterocycles. The van der Waals surface area contributed by atoms with Crippen molar-refractivity contribution in [2.75, 3.05) is 0 Å². The number of hydrogen-bond acceptors (Lipinski definition) is 3. The fourth-order valence-electron chi connectivity index (χ4n) is 2.37. The molecule has 1 aromatic rings. The van der Waals surface area contributed by atoms with Gasteiger partial charge in [0.25, 0.3) is 0 Å². The average molecular weight is 236 g/mol. The lowest BCUT2D eigenvalue weighted by Crippen LogP contribution is -2.30. The zero-order valence-corrected chi connectivity index (χ0v) is 10.6. The monoisotopic (exact) mass is 236 g/mol. The Hall–Kier alpha value is -0.640. The van der Waals surface area contributed by atoms with E-state index in [1.165, 1.54) is 41.7 Å². The van der Waals surface area contributed by atoms with E-state index in [2.05, 4.69) is 29.9 Å². The number of rotatable bonds is 4. The second-order valence-corrected chi connectivity index (χ2v) is 5.24. The van der Waals surface area contributed by atoms with Crippen LogP contribution in [-0.4, -0.2) is 0 Å². The molecule has 1 aromatic heterocycles. The van der Waals surface area contributed by atoms with E-state index in [0.29, 0.717) is 0 Å². The maximum Gasteiger partial charge on any atom is 0.0765 e. The van der Waals surface area contributed by atoms with Crippen LogP contribution < -0.4 is 11.3 Å². The molecule has 1 atom stereocenters. The Morgan fingerprint density at radius 3 is 3.00 bits per heavy atom. The standard InChI is InChI=1S/C13H20N2S/c1-2-10-8-9-16-13(10)12(15-14)11-6-4-3-5-7-11/h6,8-9,12,15H,2-5,7,14H2,1H3. The molecule has 0 spiro atoms. The van der Waals surface area contributed by atoms with Gasteiger partial charge in [0.2, 0.25) is 0 Å². The first-order valence-electron chi connectivity index (χ1n) is 6.08. The molecule has 3 heteroatoms. The lowest BCUT2D eigenvalue weighted by Gasteiger charge is -2.22. The number of aryl methyl sites for hydroxylation is 1. The summed E-state index contributed by atoms with van der Waals surface area (Å²) in [6.45, 7) is 2.20. The number of allylic oxidation sites excluding steroid dienone is 1. The minimum Gasteiger partial charge on any atom is -0.271 e. The summed E-state index contributed by atoms with van der Waals surface area (Å²) in [5, 5.41) is 2.17. The molecule has 0 fully saturated rings. The highest BCUT2D eigenvalue weighted by molar-refractivity contribution is 7.10. The van der Waals surface area contributed by atoms with Gasteiger partial charge in [0.1, 0.15) is 0 Å². The van der Waals surface area contributed by atoms with Gasteiger partial charge in [-0.25, -0.2) is 5.43 Å². The number of hydrazine groups is 1. The molecular weight excluding hydrogens is 216 g/mol. The fourth-order valence-corrected chi connectivity index (χ4v) is 3.47. The predicted octanol–water partition coefficient (Wildman–Crippen LogP) is 3.32. The van der Waals surface area contributed by atoms with Crippen molar-refractivity contribution >= 4 is 11.3 Å². The minimum atomic E-state index is 0.246. The summed E-state index contributed by atoms with van der Waals surface area (Å²) in [6, 6.07) is 2.46. The number of thiophene rings is 1. The molecule has 2 nitrogen and oxygen atoms in total. The molecule has 0 aromatic carbocycles. The van der Waals surface area contributed by atoms with Crippen LogP contribution in [-0.2, 0) is 6.42 Å². The second-order valence-electron chi connectivity index (χ2n) is 4.29. The zero-order chi connectivity index (χ0) is 11.4. The summed E-state index contributed by atoms with van der Waals surface area (Å²) in [7, 11) is 0. The third-order valence-electron chi connectivity index (χ3n) is 3.29. The molecule has 0 radical (unpaired) electrons. The van der Waals surface area contributed by atoms with Gasteiger partial charge < -0.3 is 0 Å². The van der Waals surface area contributed by atoms with Crippen molar-refractivity contribution in [3.63, 3.8) is 0 Å². The van der Waals surface area contributed by atoms with Crippen LogP contribution in [0.4, 0.5) is 0 Å². The molecule has 88 valence electrons. The first kappa shape index (κ1) is 11.8. The van der Waals surface area contributed by atoms with Gasteiger partial charge in [0.05, 0.1) is 6.04 Å². The van der Waals surface area contributed by atoms with E-state index in [1.54, 1.807) is 0 Å². The second kappa shape index (κ2) is 5.62. The molecule has 16 heavy (non-hydrogen) atoms. The van der Waals surface area contributed by atoms with Gasteiger partial charge in [-0.05, 0) is 49.1 Å². The van der Waals surface area contributed by atoms with Crippen molar-refractivity contribution in [1.82, 2.24) is 5.43 Å². The van der Waals surface area contributed by atoms with Crippen molar-refractivity contribution in [1.29, 1.82) is 0 Å². The summed E-state index contributed by atoms with van der Waals surface area (Å²) in [6.07, 6.45) is 8.48. The molecule has 1 unspecified atom stereocenters. The Labute approximate surface area is 102 Å². The minimum absolute atomic E-state index is 0.246. The van der Waals surface area contributed by atoms with E-state index in [9.17, 15) is 0 Å². The first-order valence-corrected chi connectivity index (χ1v) is 6.96. The lowest BCUT2D eigenvalue weighted by atomic mass is 9.92. The SMILES string of the molecule is CCc1ccsc1C(NN)C1=CCCCC1. The molecule has 0 saturated carbocycles. The third kappa shape index (κ3) is 2.37. The Kier molecular flexibility index (Phi) is 4.16. The highest BCUT2D eigenvalue weighted by atomic mass is 32.1. The Morgan fingerprint density at radius 2 is 2.38 bits per heavy atom.